The highest BCUT2D eigenvalue weighted by atomic mass is 15.1. The van der Waals surface area contributed by atoms with E-state index in [1.807, 2.05) is 12.1 Å². The van der Waals surface area contributed by atoms with Crippen LogP contribution in [0.25, 0.3) is 0 Å². The Kier molecular flexibility index (Phi) is 5.04. The van der Waals surface area contributed by atoms with Gasteiger partial charge in [-0.1, -0.05) is 45.0 Å². The standard InChI is InChI=1S/C18H29N3/c1-18(2,3)16-5-4-11-21(12-10-16)13-14-6-8-15(9-7-14)17(19)20/h6-9,16H,4-5,10-13H2,1-3H3,(H3,19,20). The van der Waals surface area contributed by atoms with Gasteiger partial charge in [-0.25, -0.2) is 0 Å². The third-order valence-electron chi connectivity index (χ3n) is 4.72. The second-order valence-electron chi connectivity index (χ2n) is 7.38. The molecule has 2 rings (SSSR count). The van der Waals surface area contributed by atoms with E-state index in [0.717, 1.165) is 18.0 Å². The van der Waals surface area contributed by atoms with Gasteiger partial charge in [0.05, 0.1) is 0 Å². The Morgan fingerprint density at radius 3 is 2.43 bits per heavy atom. The van der Waals surface area contributed by atoms with Gasteiger partial charge in [-0.05, 0) is 49.2 Å². The molecule has 1 unspecified atom stereocenters. The molecule has 1 aromatic carbocycles. The van der Waals surface area contributed by atoms with Gasteiger partial charge in [-0.15, -0.1) is 0 Å². The van der Waals surface area contributed by atoms with Gasteiger partial charge >= 0.3 is 0 Å². The second-order valence-corrected chi connectivity index (χ2v) is 7.38. The molecule has 0 aromatic heterocycles. The van der Waals surface area contributed by atoms with Crippen LogP contribution in [-0.4, -0.2) is 23.8 Å². The number of benzene rings is 1. The molecule has 116 valence electrons. The minimum absolute atomic E-state index is 0.143. The number of nitrogen functional groups attached to an aromatic ring is 1. The normalized spacial score (nSPS) is 21.0. The Labute approximate surface area is 129 Å². The Balaban J connectivity index is 1.93. The molecule has 1 fully saturated rings. The smallest absolute Gasteiger partial charge is 0.122 e. The largest absolute Gasteiger partial charge is 0.384 e. The molecule has 1 aliphatic heterocycles. The van der Waals surface area contributed by atoms with Gasteiger partial charge in [0.2, 0.25) is 0 Å². The first-order chi connectivity index (χ1) is 9.86. The van der Waals surface area contributed by atoms with Gasteiger partial charge in [0.25, 0.3) is 0 Å². The van der Waals surface area contributed by atoms with E-state index in [0.29, 0.717) is 5.41 Å². The number of likely N-dealkylation sites (tertiary alicyclic amines) is 1. The number of rotatable bonds is 3. The maximum atomic E-state index is 7.44. The molecule has 0 amide bonds. The number of hydrogen-bond acceptors (Lipinski definition) is 2. The van der Waals surface area contributed by atoms with Crippen LogP contribution in [-0.2, 0) is 6.54 Å². The van der Waals surface area contributed by atoms with Crippen molar-refractivity contribution in [2.45, 2.75) is 46.6 Å². The quantitative estimate of drug-likeness (QED) is 0.659. The Hall–Kier alpha value is -1.35. The summed E-state index contributed by atoms with van der Waals surface area (Å²) in [4.78, 5) is 2.56. The van der Waals surface area contributed by atoms with Gasteiger partial charge in [0, 0.05) is 12.1 Å². The fourth-order valence-corrected chi connectivity index (χ4v) is 3.23. The molecular weight excluding hydrogens is 258 g/mol. The van der Waals surface area contributed by atoms with Crippen molar-refractivity contribution in [3.8, 4) is 0 Å². The Bertz CT molecular complexity index is 470. The van der Waals surface area contributed by atoms with Crippen molar-refractivity contribution < 1.29 is 0 Å². The van der Waals surface area contributed by atoms with E-state index < -0.39 is 0 Å². The SMILES string of the molecule is CC(C)(C)C1CCCN(Cc2ccc(C(=N)N)cc2)CC1. The van der Waals surface area contributed by atoms with Crippen LogP contribution >= 0.6 is 0 Å². The van der Waals surface area contributed by atoms with E-state index in [-0.39, 0.29) is 5.84 Å². The lowest BCUT2D eigenvalue weighted by Crippen LogP contribution is -2.26. The van der Waals surface area contributed by atoms with Gasteiger partial charge in [-0.3, -0.25) is 10.3 Å². The van der Waals surface area contributed by atoms with Crippen molar-refractivity contribution in [2.24, 2.45) is 17.1 Å². The van der Waals surface area contributed by atoms with Crippen molar-refractivity contribution in [1.29, 1.82) is 5.41 Å². The Morgan fingerprint density at radius 1 is 1.19 bits per heavy atom. The fourth-order valence-electron chi connectivity index (χ4n) is 3.23. The third kappa shape index (κ3) is 4.57. The minimum atomic E-state index is 0.143. The molecular formula is C18H29N3. The molecule has 1 aromatic rings. The molecule has 1 heterocycles. The Morgan fingerprint density at radius 2 is 1.86 bits per heavy atom. The molecule has 0 radical (unpaired) electrons. The van der Waals surface area contributed by atoms with Gasteiger partial charge in [-0.2, -0.15) is 0 Å². The summed E-state index contributed by atoms with van der Waals surface area (Å²) in [5, 5.41) is 7.44. The molecule has 1 saturated heterocycles. The first-order valence-corrected chi connectivity index (χ1v) is 8.02. The van der Waals surface area contributed by atoms with Crippen LogP contribution < -0.4 is 5.73 Å². The number of hydrogen-bond donors (Lipinski definition) is 2. The summed E-state index contributed by atoms with van der Waals surface area (Å²) >= 11 is 0. The highest BCUT2D eigenvalue weighted by molar-refractivity contribution is 5.94. The average Bonchev–Trinajstić information content (AvgIpc) is 2.64. The summed E-state index contributed by atoms with van der Waals surface area (Å²) in [6.45, 7) is 10.5. The summed E-state index contributed by atoms with van der Waals surface area (Å²) in [7, 11) is 0. The van der Waals surface area contributed by atoms with E-state index in [4.69, 9.17) is 11.1 Å². The molecule has 1 atom stereocenters. The van der Waals surface area contributed by atoms with Gasteiger partial charge in [0.15, 0.2) is 0 Å². The predicted molar refractivity (Wildman–Crippen MR) is 89.5 cm³/mol. The average molecular weight is 287 g/mol. The lowest BCUT2D eigenvalue weighted by atomic mass is 9.77. The van der Waals surface area contributed by atoms with Crippen LogP contribution in [0.1, 0.15) is 51.2 Å². The van der Waals surface area contributed by atoms with E-state index in [2.05, 4.69) is 37.8 Å². The number of nitrogens with two attached hydrogens (primary N) is 1. The molecule has 0 spiro atoms. The maximum Gasteiger partial charge on any atom is 0.122 e. The van der Waals surface area contributed by atoms with Crippen LogP contribution in [0, 0.1) is 16.7 Å². The van der Waals surface area contributed by atoms with Crippen LogP contribution in [0.2, 0.25) is 0 Å². The van der Waals surface area contributed by atoms with Crippen molar-refractivity contribution in [2.75, 3.05) is 13.1 Å². The van der Waals surface area contributed by atoms with Crippen LogP contribution in [0.4, 0.5) is 0 Å². The zero-order chi connectivity index (χ0) is 15.5. The number of amidine groups is 1. The molecule has 0 aliphatic carbocycles. The van der Waals surface area contributed by atoms with E-state index in [1.54, 1.807) is 0 Å². The van der Waals surface area contributed by atoms with Crippen LogP contribution in [0.15, 0.2) is 24.3 Å². The van der Waals surface area contributed by atoms with Crippen molar-refractivity contribution in [3.63, 3.8) is 0 Å². The van der Waals surface area contributed by atoms with Crippen molar-refractivity contribution >= 4 is 5.84 Å². The summed E-state index contributed by atoms with van der Waals surface area (Å²) in [5.74, 6) is 0.979. The molecule has 0 bridgehead atoms. The van der Waals surface area contributed by atoms with Gasteiger partial charge < -0.3 is 5.73 Å². The fraction of sp³-hybridized carbons (Fsp3) is 0.611. The van der Waals surface area contributed by atoms with Crippen molar-refractivity contribution in [1.82, 2.24) is 4.90 Å². The topological polar surface area (TPSA) is 53.1 Å². The first-order valence-electron chi connectivity index (χ1n) is 8.02. The zero-order valence-electron chi connectivity index (χ0n) is 13.7. The summed E-state index contributed by atoms with van der Waals surface area (Å²) in [6.07, 6.45) is 3.95. The van der Waals surface area contributed by atoms with Crippen LogP contribution in [0.3, 0.4) is 0 Å². The number of nitrogens with one attached hydrogen (secondary N) is 1. The highest BCUT2D eigenvalue weighted by Gasteiger charge is 2.26. The molecule has 21 heavy (non-hydrogen) atoms. The van der Waals surface area contributed by atoms with E-state index in [9.17, 15) is 0 Å². The molecule has 3 nitrogen and oxygen atoms in total. The van der Waals surface area contributed by atoms with Crippen molar-refractivity contribution in [3.05, 3.63) is 35.4 Å². The number of nitrogens with zero attached hydrogens (tertiary/aromatic N) is 1. The van der Waals surface area contributed by atoms with Gasteiger partial charge in [0.1, 0.15) is 5.84 Å². The summed E-state index contributed by atoms with van der Waals surface area (Å²) in [6, 6.07) is 8.10. The zero-order valence-corrected chi connectivity index (χ0v) is 13.7. The molecule has 3 heteroatoms. The van der Waals surface area contributed by atoms with E-state index in [1.165, 1.54) is 37.9 Å². The summed E-state index contributed by atoms with van der Waals surface area (Å²) < 4.78 is 0. The molecule has 0 saturated carbocycles. The lowest BCUT2D eigenvalue weighted by Gasteiger charge is -2.29. The van der Waals surface area contributed by atoms with Crippen LogP contribution in [0.5, 0.6) is 0 Å². The minimum Gasteiger partial charge on any atom is -0.384 e. The van der Waals surface area contributed by atoms with E-state index >= 15 is 0 Å². The lowest BCUT2D eigenvalue weighted by molar-refractivity contribution is 0.206. The third-order valence-corrected chi connectivity index (χ3v) is 4.72. The summed E-state index contributed by atoms with van der Waals surface area (Å²) in [5.41, 5.74) is 8.05. The highest BCUT2D eigenvalue weighted by Crippen LogP contribution is 2.34. The maximum absolute atomic E-state index is 7.44. The monoisotopic (exact) mass is 287 g/mol. The molecule has 1 aliphatic rings. The predicted octanol–water partition coefficient (Wildman–Crippen LogP) is 3.62. The molecule has 3 N–H and O–H groups in total. The first kappa shape index (κ1) is 16.0. The second kappa shape index (κ2) is 6.61.